The zero-order valence-electron chi connectivity index (χ0n) is 17.1. The fourth-order valence-corrected chi connectivity index (χ4v) is 5.44. The smallest absolute Gasteiger partial charge is 0.378 e. The lowest BCUT2D eigenvalue weighted by Crippen LogP contribution is -2.36. The molecule has 0 atom stereocenters. The van der Waals surface area contributed by atoms with Crippen molar-refractivity contribution in [2.45, 2.75) is 11.1 Å². The summed E-state index contributed by atoms with van der Waals surface area (Å²) < 4.78 is 74.6. The Morgan fingerprint density at radius 1 is 1.03 bits per heavy atom. The van der Waals surface area contributed by atoms with E-state index in [1.165, 1.54) is 18.2 Å². The van der Waals surface area contributed by atoms with Crippen molar-refractivity contribution in [3.63, 3.8) is 0 Å². The van der Waals surface area contributed by atoms with Gasteiger partial charge in [0.05, 0.1) is 35.0 Å². The van der Waals surface area contributed by atoms with Gasteiger partial charge in [0.15, 0.2) is 0 Å². The highest BCUT2D eigenvalue weighted by molar-refractivity contribution is 7.93. The van der Waals surface area contributed by atoms with Crippen LogP contribution >= 0.6 is 0 Å². The molecule has 3 aromatic carbocycles. The predicted molar refractivity (Wildman–Crippen MR) is 117 cm³/mol. The van der Waals surface area contributed by atoms with Crippen LogP contribution in [0.3, 0.4) is 0 Å². The molecule has 2 heterocycles. The van der Waals surface area contributed by atoms with Crippen LogP contribution in [0, 0.1) is 0 Å². The molecule has 0 spiro atoms. The maximum absolute atomic E-state index is 13.4. The van der Waals surface area contributed by atoms with Crippen molar-refractivity contribution < 1.29 is 31.1 Å². The van der Waals surface area contributed by atoms with E-state index in [2.05, 4.69) is 10.0 Å². The maximum atomic E-state index is 13.4. The van der Waals surface area contributed by atoms with Gasteiger partial charge in [0.1, 0.15) is 0 Å². The molecule has 2 N–H and O–H groups in total. The van der Waals surface area contributed by atoms with Gasteiger partial charge in [-0.05, 0) is 36.4 Å². The van der Waals surface area contributed by atoms with Gasteiger partial charge in [-0.3, -0.25) is 9.52 Å². The summed E-state index contributed by atoms with van der Waals surface area (Å²) in [5.41, 5.74) is 0.0134. The number of alkyl halides is 3. The number of benzene rings is 3. The second-order valence-electron chi connectivity index (χ2n) is 7.73. The lowest BCUT2D eigenvalue weighted by molar-refractivity contribution is -0.137. The van der Waals surface area contributed by atoms with E-state index in [-0.39, 0.29) is 16.5 Å². The molecule has 7 nitrogen and oxygen atoms in total. The molecule has 5 rings (SSSR count). The molecule has 0 radical (unpaired) electrons. The Morgan fingerprint density at radius 2 is 1.79 bits per heavy atom. The number of rotatable bonds is 4. The minimum atomic E-state index is -4.64. The summed E-state index contributed by atoms with van der Waals surface area (Å²) in [6, 6.07) is 10.5. The Balaban J connectivity index is 1.62. The summed E-state index contributed by atoms with van der Waals surface area (Å²) in [5, 5.41) is 3.44. The molecule has 3 aromatic rings. The third-order valence-electron chi connectivity index (χ3n) is 5.70. The van der Waals surface area contributed by atoms with E-state index in [1.807, 2.05) is 0 Å². The van der Waals surface area contributed by atoms with Gasteiger partial charge in [-0.15, -0.1) is 0 Å². The van der Waals surface area contributed by atoms with Crippen molar-refractivity contribution >= 4 is 43.8 Å². The zero-order chi connectivity index (χ0) is 23.4. The number of morpholine rings is 1. The van der Waals surface area contributed by atoms with E-state index in [9.17, 15) is 26.4 Å². The summed E-state index contributed by atoms with van der Waals surface area (Å²) in [4.78, 5) is 13.8. The number of nitrogens with one attached hydrogen (secondary N) is 2. The molecule has 0 aliphatic carbocycles. The van der Waals surface area contributed by atoms with Gasteiger partial charge < -0.3 is 15.0 Å². The van der Waals surface area contributed by atoms with Crippen LogP contribution in [-0.4, -0.2) is 40.6 Å². The van der Waals surface area contributed by atoms with E-state index in [0.717, 1.165) is 12.1 Å². The van der Waals surface area contributed by atoms with E-state index in [4.69, 9.17) is 4.74 Å². The fraction of sp³-hybridized carbons (Fsp3) is 0.227. The minimum absolute atomic E-state index is 0.134. The Kier molecular flexibility index (Phi) is 4.98. The predicted octanol–water partition coefficient (Wildman–Crippen LogP) is 4.06. The lowest BCUT2D eigenvalue weighted by atomic mass is 10.1. The average Bonchev–Trinajstić information content (AvgIpc) is 3.11. The first kappa shape index (κ1) is 21.5. The van der Waals surface area contributed by atoms with E-state index in [1.54, 1.807) is 23.1 Å². The van der Waals surface area contributed by atoms with Crippen molar-refractivity contribution in [3.8, 4) is 0 Å². The number of ether oxygens (including phenoxy) is 1. The topological polar surface area (TPSA) is 87.7 Å². The van der Waals surface area contributed by atoms with Crippen LogP contribution < -0.4 is 14.9 Å². The Hall–Kier alpha value is -3.31. The number of carbonyl (C=O) groups is 1. The van der Waals surface area contributed by atoms with Gasteiger partial charge in [0, 0.05) is 35.1 Å². The molecule has 0 aromatic heterocycles. The second kappa shape index (κ2) is 7.63. The first-order valence-corrected chi connectivity index (χ1v) is 11.6. The van der Waals surface area contributed by atoms with Crippen molar-refractivity contribution in [2.24, 2.45) is 0 Å². The van der Waals surface area contributed by atoms with Crippen LogP contribution in [-0.2, 0) is 20.9 Å². The van der Waals surface area contributed by atoms with Crippen molar-refractivity contribution in [1.29, 1.82) is 0 Å². The normalized spacial score (nSPS) is 16.2. The highest BCUT2D eigenvalue weighted by Crippen LogP contribution is 2.39. The first-order valence-electron chi connectivity index (χ1n) is 10.1. The summed E-state index contributed by atoms with van der Waals surface area (Å²) in [6.45, 7) is 1.58. The van der Waals surface area contributed by atoms with Crippen LogP contribution in [0.1, 0.15) is 15.9 Å². The van der Waals surface area contributed by atoms with Gasteiger partial charge in [-0.1, -0.05) is 12.1 Å². The van der Waals surface area contributed by atoms with E-state index >= 15 is 0 Å². The van der Waals surface area contributed by atoms with Crippen molar-refractivity contribution in [2.75, 3.05) is 41.2 Å². The van der Waals surface area contributed by atoms with Gasteiger partial charge in [0.25, 0.3) is 15.9 Å². The van der Waals surface area contributed by atoms with Gasteiger partial charge in [-0.25, -0.2) is 8.42 Å². The summed E-state index contributed by atoms with van der Waals surface area (Å²) >= 11 is 0. The summed E-state index contributed by atoms with van der Waals surface area (Å²) in [5.74, 6) is -0.342. The quantitative estimate of drug-likeness (QED) is 0.592. The van der Waals surface area contributed by atoms with Gasteiger partial charge in [-0.2, -0.15) is 13.2 Å². The highest BCUT2D eigenvalue weighted by atomic mass is 32.2. The van der Waals surface area contributed by atoms with E-state index < -0.39 is 21.8 Å². The number of hydrogen-bond acceptors (Lipinski definition) is 5. The maximum Gasteiger partial charge on any atom is 0.416 e. The van der Waals surface area contributed by atoms with E-state index in [0.29, 0.717) is 54.0 Å². The number of nitrogens with zero attached hydrogens (tertiary/aromatic N) is 1. The Labute approximate surface area is 187 Å². The molecule has 0 unspecified atom stereocenters. The molecule has 0 bridgehead atoms. The number of anilines is 3. The Bertz CT molecular complexity index is 1380. The van der Waals surface area contributed by atoms with Crippen molar-refractivity contribution in [1.82, 2.24) is 0 Å². The molecule has 2 aliphatic rings. The SMILES string of the molecule is O=C1Nc2ccc(S(=O)(=O)Nc3cc(C(F)(F)F)ccc3N3CCOCC3)c3cccc1c23. The Morgan fingerprint density at radius 3 is 2.52 bits per heavy atom. The third-order valence-corrected chi connectivity index (χ3v) is 7.13. The number of sulfonamides is 1. The third kappa shape index (κ3) is 3.76. The van der Waals surface area contributed by atoms with Crippen LogP contribution in [0.2, 0.25) is 0 Å². The molecule has 0 saturated carbocycles. The number of carbonyl (C=O) groups excluding carboxylic acids is 1. The number of halogens is 3. The molecule has 172 valence electrons. The molecule has 11 heteroatoms. The number of amides is 1. The zero-order valence-corrected chi connectivity index (χ0v) is 17.9. The fourth-order valence-electron chi connectivity index (χ4n) is 4.17. The minimum Gasteiger partial charge on any atom is -0.378 e. The largest absolute Gasteiger partial charge is 0.416 e. The standard InChI is InChI=1S/C22H18F3N3O4S/c23-22(24,25)13-4-6-18(28-8-10-32-11-9-28)17(12-13)27-33(30,31)19-7-5-16-20-14(19)2-1-3-15(20)21(29)26-16/h1-7,12,27H,8-11H2,(H,26,29). The van der Waals surface area contributed by atoms with Crippen molar-refractivity contribution in [3.05, 3.63) is 59.7 Å². The first-order chi connectivity index (χ1) is 15.6. The highest BCUT2D eigenvalue weighted by Gasteiger charge is 2.33. The van der Waals surface area contributed by atoms with Gasteiger partial charge >= 0.3 is 6.18 Å². The molecule has 33 heavy (non-hydrogen) atoms. The molecule has 2 aliphatic heterocycles. The van der Waals surface area contributed by atoms with Crippen LogP contribution in [0.4, 0.5) is 30.2 Å². The van der Waals surface area contributed by atoms with Crippen LogP contribution in [0.15, 0.2) is 53.4 Å². The molecular weight excluding hydrogens is 459 g/mol. The number of hydrogen-bond donors (Lipinski definition) is 2. The summed E-state index contributed by atoms with van der Waals surface area (Å²) in [6.07, 6.45) is -4.64. The second-order valence-corrected chi connectivity index (χ2v) is 9.38. The van der Waals surface area contributed by atoms with Gasteiger partial charge in [0.2, 0.25) is 0 Å². The summed E-state index contributed by atoms with van der Waals surface area (Å²) in [7, 11) is -4.30. The molecule has 1 fully saturated rings. The average molecular weight is 477 g/mol. The lowest BCUT2D eigenvalue weighted by Gasteiger charge is -2.31. The monoisotopic (exact) mass is 477 g/mol. The van der Waals surface area contributed by atoms with Crippen LogP contribution in [0.5, 0.6) is 0 Å². The molecule has 1 saturated heterocycles. The molecule has 1 amide bonds. The molecular formula is C22H18F3N3O4S. The van der Waals surface area contributed by atoms with Crippen LogP contribution in [0.25, 0.3) is 10.8 Å².